The number of benzene rings is 2. The van der Waals surface area contributed by atoms with Crippen LogP contribution in [0.5, 0.6) is 0 Å². The molecule has 5 heteroatoms. The van der Waals surface area contributed by atoms with Crippen LogP contribution in [0.1, 0.15) is 34.6 Å². The smallest absolute Gasteiger partial charge is 0.189 e. The predicted molar refractivity (Wildman–Crippen MR) is 110 cm³/mol. The topological polar surface area (TPSA) is 34.1 Å². The molecule has 2 rings (SSSR count). The number of hydrogen-bond donors (Lipinski definition) is 0. The SMILES string of the molecule is C=C(C)C(=O)c1ccccc1SSSc1ccccc1C(=O)C(=C)C. The number of carbonyl (C=O) groups is 2. The van der Waals surface area contributed by atoms with Gasteiger partial charge in [-0.15, -0.1) is 0 Å². The zero-order valence-electron chi connectivity index (χ0n) is 14.1. The Bertz CT molecular complexity index is 771. The molecule has 128 valence electrons. The molecule has 0 aliphatic rings. The van der Waals surface area contributed by atoms with Crippen molar-refractivity contribution < 1.29 is 9.59 Å². The van der Waals surface area contributed by atoms with E-state index in [0.29, 0.717) is 22.3 Å². The fourth-order valence-electron chi connectivity index (χ4n) is 2.00. The second-order valence-corrected chi connectivity index (χ2v) is 9.43. The quantitative estimate of drug-likeness (QED) is 0.288. The van der Waals surface area contributed by atoms with Crippen LogP contribution in [0.2, 0.25) is 0 Å². The minimum Gasteiger partial charge on any atom is -0.289 e. The summed E-state index contributed by atoms with van der Waals surface area (Å²) in [6.45, 7) is 10.9. The van der Waals surface area contributed by atoms with Gasteiger partial charge in [0.05, 0.1) is 0 Å². The van der Waals surface area contributed by atoms with Gasteiger partial charge in [0.15, 0.2) is 11.6 Å². The van der Waals surface area contributed by atoms with E-state index in [-0.39, 0.29) is 11.6 Å². The summed E-state index contributed by atoms with van der Waals surface area (Å²) < 4.78 is 0. The minimum absolute atomic E-state index is 0.0495. The van der Waals surface area contributed by atoms with Gasteiger partial charge < -0.3 is 0 Å². The average Bonchev–Trinajstić information content (AvgIpc) is 2.61. The Morgan fingerprint density at radius 1 is 0.720 bits per heavy atom. The first-order valence-electron chi connectivity index (χ1n) is 7.51. The van der Waals surface area contributed by atoms with E-state index in [0.717, 1.165) is 9.79 Å². The fraction of sp³-hybridized carbons (Fsp3) is 0.100. The second kappa shape index (κ2) is 9.13. The summed E-state index contributed by atoms with van der Waals surface area (Å²) in [7, 11) is 4.52. The average molecular weight is 387 g/mol. The molecular formula is C20H18O2S3. The lowest BCUT2D eigenvalue weighted by atomic mass is 10.1. The Kier molecular flexibility index (Phi) is 7.17. The zero-order valence-corrected chi connectivity index (χ0v) is 16.5. The molecule has 0 unspecified atom stereocenters. The van der Waals surface area contributed by atoms with Gasteiger partial charge >= 0.3 is 0 Å². The zero-order chi connectivity index (χ0) is 18.4. The molecule has 0 heterocycles. The molecule has 0 aliphatic carbocycles. The molecule has 0 atom stereocenters. The highest BCUT2D eigenvalue weighted by Gasteiger charge is 2.15. The molecule has 0 fully saturated rings. The van der Waals surface area contributed by atoms with E-state index in [9.17, 15) is 9.59 Å². The monoisotopic (exact) mass is 386 g/mol. The molecule has 0 aromatic heterocycles. The van der Waals surface area contributed by atoms with Gasteiger partial charge in [-0.05, 0) is 80.7 Å². The minimum atomic E-state index is -0.0495. The summed E-state index contributed by atoms with van der Waals surface area (Å²) in [5, 5.41) is 0. The van der Waals surface area contributed by atoms with Crippen LogP contribution in [-0.4, -0.2) is 11.6 Å². The first-order chi connectivity index (χ1) is 11.9. The number of ketones is 2. The third-order valence-electron chi connectivity index (χ3n) is 3.29. The van der Waals surface area contributed by atoms with Crippen LogP contribution in [0.25, 0.3) is 0 Å². The van der Waals surface area contributed by atoms with E-state index in [1.54, 1.807) is 13.8 Å². The van der Waals surface area contributed by atoms with Crippen molar-refractivity contribution in [1.29, 1.82) is 0 Å². The van der Waals surface area contributed by atoms with Gasteiger partial charge in [0.1, 0.15) is 0 Å². The first kappa shape index (κ1) is 19.6. The van der Waals surface area contributed by atoms with E-state index in [2.05, 4.69) is 13.2 Å². The van der Waals surface area contributed by atoms with Crippen LogP contribution in [0, 0.1) is 0 Å². The van der Waals surface area contributed by atoms with Gasteiger partial charge in [-0.25, -0.2) is 0 Å². The van der Waals surface area contributed by atoms with E-state index >= 15 is 0 Å². The van der Waals surface area contributed by atoms with Crippen molar-refractivity contribution in [1.82, 2.24) is 0 Å². The molecule has 2 aromatic carbocycles. The highest BCUT2D eigenvalue weighted by atomic mass is 33.5. The third-order valence-corrected chi connectivity index (χ3v) is 7.20. The van der Waals surface area contributed by atoms with E-state index in [1.807, 2.05) is 48.5 Å². The predicted octanol–water partition coefficient (Wildman–Crippen LogP) is 6.65. The van der Waals surface area contributed by atoms with Crippen molar-refractivity contribution in [3.8, 4) is 0 Å². The first-order valence-corrected chi connectivity index (χ1v) is 11.0. The molecule has 0 N–H and O–H groups in total. The summed E-state index contributed by atoms with van der Waals surface area (Å²) in [6, 6.07) is 14.9. The van der Waals surface area contributed by atoms with Gasteiger partial charge in [0, 0.05) is 20.9 Å². The van der Waals surface area contributed by atoms with Crippen LogP contribution >= 0.6 is 31.4 Å². The molecule has 0 radical (unpaired) electrons. The maximum atomic E-state index is 12.2. The number of rotatable bonds is 8. The van der Waals surface area contributed by atoms with Crippen molar-refractivity contribution in [2.45, 2.75) is 23.6 Å². The normalized spacial score (nSPS) is 10.3. The van der Waals surface area contributed by atoms with Crippen molar-refractivity contribution in [2.75, 3.05) is 0 Å². The molecule has 0 amide bonds. The Morgan fingerprint density at radius 3 is 1.44 bits per heavy atom. The molecule has 0 aliphatic heterocycles. The third kappa shape index (κ3) is 5.14. The summed E-state index contributed by atoms with van der Waals surface area (Å²) in [6.07, 6.45) is 0. The number of hydrogen-bond acceptors (Lipinski definition) is 5. The van der Waals surface area contributed by atoms with Gasteiger partial charge in [0.2, 0.25) is 0 Å². The summed E-state index contributed by atoms with van der Waals surface area (Å²) in [5.74, 6) is -0.0990. The Hall–Kier alpha value is -1.69. The number of Topliss-reactive ketones (excluding diaryl/α,β-unsaturated/α-hetero) is 2. The highest BCUT2D eigenvalue weighted by molar-refractivity contribution is 9.09. The molecule has 2 nitrogen and oxygen atoms in total. The molecule has 0 bridgehead atoms. The number of allylic oxidation sites excluding steroid dienone is 2. The van der Waals surface area contributed by atoms with Crippen LogP contribution in [0.15, 0.2) is 82.6 Å². The highest BCUT2D eigenvalue weighted by Crippen LogP contribution is 2.46. The maximum Gasteiger partial charge on any atom is 0.189 e. The van der Waals surface area contributed by atoms with Crippen LogP contribution in [-0.2, 0) is 0 Å². The fourth-order valence-corrected chi connectivity index (χ4v) is 5.99. The van der Waals surface area contributed by atoms with E-state index in [1.165, 1.54) is 31.4 Å². The van der Waals surface area contributed by atoms with Gasteiger partial charge in [-0.1, -0.05) is 37.4 Å². The van der Waals surface area contributed by atoms with Gasteiger partial charge in [-0.3, -0.25) is 9.59 Å². The molecule has 0 saturated heterocycles. The molecule has 0 saturated carbocycles. The van der Waals surface area contributed by atoms with Crippen molar-refractivity contribution in [2.24, 2.45) is 0 Å². The van der Waals surface area contributed by atoms with Crippen molar-refractivity contribution in [3.05, 3.63) is 84.0 Å². The van der Waals surface area contributed by atoms with Crippen LogP contribution < -0.4 is 0 Å². The molecule has 0 spiro atoms. The standard InChI is InChI=1S/C20H18O2S3/c1-13(2)19(21)15-9-5-7-11-17(15)23-25-24-18-12-8-6-10-16(18)20(22)14(3)4/h5-12H,1,3H2,2,4H3. The lowest BCUT2D eigenvalue weighted by molar-refractivity contribution is 0.102. The van der Waals surface area contributed by atoms with E-state index in [4.69, 9.17) is 0 Å². The Morgan fingerprint density at radius 2 is 1.08 bits per heavy atom. The molecule has 25 heavy (non-hydrogen) atoms. The maximum absolute atomic E-state index is 12.2. The van der Waals surface area contributed by atoms with Crippen LogP contribution in [0.4, 0.5) is 0 Å². The largest absolute Gasteiger partial charge is 0.289 e. The molecule has 2 aromatic rings. The van der Waals surface area contributed by atoms with Crippen molar-refractivity contribution >= 4 is 43.0 Å². The summed E-state index contributed by atoms with van der Waals surface area (Å²) in [4.78, 5) is 26.2. The van der Waals surface area contributed by atoms with Crippen molar-refractivity contribution in [3.63, 3.8) is 0 Å². The Labute approximate surface area is 160 Å². The summed E-state index contributed by atoms with van der Waals surface area (Å²) in [5.41, 5.74) is 2.34. The lowest BCUT2D eigenvalue weighted by Crippen LogP contribution is -2.01. The van der Waals surface area contributed by atoms with E-state index < -0.39 is 0 Å². The second-order valence-electron chi connectivity index (χ2n) is 5.45. The van der Waals surface area contributed by atoms with Gasteiger partial charge in [-0.2, -0.15) is 0 Å². The van der Waals surface area contributed by atoms with Crippen LogP contribution in [0.3, 0.4) is 0 Å². The molecular weight excluding hydrogens is 368 g/mol. The lowest BCUT2D eigenvalue weighted by Gasteiger charge is -2.09. The van der Waals surface area contributed by atoms with Gasteiger partial charge in [0.25, 0.3) is 0 Å². The Balaban J connectivity index is 2.13. The number of carbonyl (C=O) groups excluding carboxylic acids is 2. The summed E-state index contributed by atoms with van der Waals surface area (Å²) >= 11 is 0.